The topological polar surface area (TPSA) is 51.8 Å². The molecule has 0 spiro atoms. The van der Waals surface area contributed by atoms with Gasteiger partial charge in [0, 0.05) is 5.25 Å². The molecule has 2 bridgehead atoms. The van der Waals surface area contributed by atoms with Crippen LogP contribution in [0.5, 0.6) is 0 Å². The Morgan fingerprint density at radius 1 is 1.28 bits per heavy atom. The van der Waals surface area contributed by atoms with Gasteiger partial charge in [-0.1, -0.05) is 18.2 Å². The van der Waals surface area contributed by atoms with Crippen LogP contribution in [-0.2, 0) is 0 Å². The Bertz CT molecular complexity index is 595. The van der Waals surface area contributed by atoms with Gasteiger partial charge in [0.25, 0.3) is 0 Å². The van der Waals surface area contributed by atoms with Crippen LogP contribution in [0.4, 0.5) is 5.82 Å². The van der Waals surface area contributed by atoms with Gasteiger partial charge in [0.15, 0.2) is 5.16 Å². The second-order valence-corrected chi connectivity index (χ2v) is 7.46. The lowest BCUT2D eigenvalue weighted by Crippen LogP contribution is -2.13. The molecule has 5 heteroatoms. The quantitative estimate of drug-likeness (QED) is 0.853. The Morgan fingerprint density at radius 3 is 3.00 bits per heavy atom. The van der Waals surface area contributed by atoms with Gasteiger partial charge in [-0.3, -0.25) is 0 Å². The third-order valence-corrected chi connectivity index (χ3v) is 6.34. The van der Waals surface area contributed by atoms with Crippen molar-refractivity contribution in [2.24, 2.45) is 11.8 Å². The summed E-state index contributed by atoms with van der Waals surface area (Å²) in [6, 6.07) is 2.00. The molecule has 3 nitrogen and oxygen atoms in total. The molecule has 18 heavy (non-hydrogen) atoms. The Kier molecular flexibility index (Phi) is 2.52. The number of rotatable bonds is 2. The molecule has 0 aliphatic heterocycles. The fraction of sp³-hybridized carbons (Fsp3) is 0.538. The number of nitrogen functional groups attached to an aromatic ring is 1. The Labute approximate surface area is 114 Å². The number of aromatic nitrogens is 2. The Morgan fingerprint density at radius 2 is 2.22 bits per heavy atom. The maximum atomic E-state index is 5.99. The molecular formula is C13H15N3S2. The predicted octanol–water partition coefficient (Wildman–Crippen LogP) is 3.55. The van der Waals surface area contributed by atoms with Crippen molar-refractivity contribution in [1.82, 2.24) is 9.97 Å². The van der Waals surface area contributed by atoms with E-state index in [1.807, 2.05) is 23.2 Å². The van der Waals surface area contributed by atoms with E-state index < -0.39 is 0 Å². The second-order valence-electron chi connectivity index (χ2n) is 5.36. The summed E-state index contributed by atoms with van der Waals surface area (Å²) in [5, 5.41) is 4.62. The molecule has 0 radical (unpaired) electrons. The van der Waals surface area contributed by atoms with Crippen LogP contribution in [0.2, 0.25) is 0 Å². The fourth-order valence-electron chi connectivity index (χ4n) is 3.38. The molecule has 2 heterocycles. The molecule has 0 amide bonds. The minimum atomic E-state index is 0.631. The molecular weight excluding hydrogens is 262 g/mol. The minimum Gasteiger partial charge on any atom is -0.383 e. The van der Waals surface area contributed by atoms with Crippen LogP contribution in [0.3, 0.4) is 0 Å². The summed E-state index contributed by atoms with van der Waals surface area (Å²) in [5.74, 6) is 2.49. The lowest BCUT2D eigenvalue weighted by Gasteiger charge is -2.19. The minimum absolute atomic E-state index is 0.631. The molecule has 3 unspecified atom stereocenters. The molecule has 4 rings (SSSR count). The van der Waals surface area contributed by atoms with Gasteiger partial charge in [-0.15, -0.1) is 11.3 Å². The summed E-state index contributed by atoms with van der Waals surface area (Å²) in [7, 11) is 0. The normalized spacial score (nSPS) is 30.3. The maximum absolute atomic E-state index is 5.99. The summed E-state index contributed by atoms with van der Waals surface area (Å²) in [4.78, 5) is 10.1. The van der Waals surface area contributed by atoms with Gasteiger partial charge >= 0.3 is 0 Å². The highest BCUT2D eigenvalue weighted by Gasteiger charge is 2.40. The number of hydrogen-bond acceptors (Lipinski definition) is 5. The molecule has 2 aromatic rings. The Hall–Kier alpha value is -0.810. The van der Waals surface area contributed by atoms with Crippen LogP contribution >= 0.6 is 23.1 Å². The number of nitrogens with zero attached hydrogens (tertiary/aromatic N) is 2. The molecule has 2 aliphatic carbocycles. The average Bonchev–Trinajstić information content (AvgIpc) is 3.02. The lowest BCUT2D eigenvalue weighted by atomic mass is 10.0. The molecule has 2 fully saturated rings. The van der Waals surface area contributed by atoms with Crippen molar-refractivity contribution in [1.29, 1.82) is 0 Å². The van der Waals surface area contributed by atoms with Gasteiger partial charge in [0.2, 0.25) is 0 Å². The molecule has 2 saturated carbocycles. The number of thioether (sulfide) groups is 1. The van der Waals surface area contributed by atoms with E-state index in [4.69, 9.17) is 5.73 Å². The third kappa shape index (κ3) is 1.72. The standard InChI is InChI=1S/C13H15N3S2/c14-11-9-3-4-17-12(9)16-13(15-11)18-10-6-7-1-2-8(10)5-7/h3-4,7-8,10H,1-2,5-6H2,(H2,14,15,16). The first-order chi connectivity index (χ1) is 8.79. The highest BCUT2D eigenvalue weighted by atomic mass is 32.2. The van der Waals surface area contributed by atoms with Gasteiger partial charge < -0.3 is 5.73 Å². The number of thiophene rings is 1. The first-order valence-electron chi connectivity index (χ1n) is 6.47. The number of fused-ring (bicyclic) bond motifs is 3. The van der Waals surface area contributed by atoms with Crippen LogP contribution in [-0.4, -0.2) is 15.2 Å². The van der Waals surface area contributed by atoms with E-state index in [0.717, 1.165) is 32.5 Å². The number of nitrogens with two attached hydrogens (primary N) is 1. The van der Waals surface area contributed by atoms with Crippen LogP contribution in [0, 0.1) is 11.8 Å². The van der Waals surface area contributed by atoms with E-state index in [2.05, 4.69) is 9.97 Å². The molecule has 2 aliphatic rings. The van der Waals surface area contributed by atoms with Gasteiger partial charge in [-0.25, -0.2) is 9.97 Å². The van der Waals surface area contributed by atoms with E-state index in [0.29, 0.717) is 5.82 Å². The molecule has 3 atom stereocenters. The zero-order valence-electron chi connectivity index (χ0n) is 10.0. The number of hydrogen-bond donors (Lipinski definition) is 1. The first-order valence-corrected chi connectivity index (χ1v) is 8.23. The lowest BCUT2D eigenvalue weighted by molar-refractivity contribution is 0.491. The third-order valence-electron chi connectivity index (χ3n) is 4.26. The fourth-order valence-corrected chi connectivity index (χ4v) is 5.58. The highest BCUT2D eigenvalue weighted by molar-refractivity contribution is 7.99. The summed E-state index contributed by atoms with van der Waals surface area (Å²) >= 11 is 3.50. The van der Waals surface area contributed by atoms with Crippen LogP contribution < -0.4 is 5.73 Å². The van der Waals surface area contributed by atoms with E-state index in [1.54, 1.807) is 11.3 Å². The molecule has 2 aromatic heterocycles. The molecule has 0 aromatic carbocycles. The zero-order valence-corrected chi connectivity index (χ0v) is 11.6. The van der Waals surface area contributed by atoms with E-state index in [9.17, 15) is 0 Å². The van der Waals surface area contributed by atoms with Crippen molar-refractivity contribution in [3.8, 4) is 0 Å². The van der Waals surface area contributed by atoms with Gasteiger partial charge in [-0.05, 0) is 42.5 Å². The van der Waals surface area contributed by atoms with Gasteiger partial charge in [0.05, 0.1) is 5.39 Å². The SMILES string of the molecule is Nc1nc(SC2CC3CCC2C3)nc2sccc12. The largest absolute Gasteiger partial charge is 0.383 e. The van der Waals surface area contributed by atoms with Crippen molar-refractivity contribution in [3.63, 3.8) is 0 Å². The number of anilines is 1. The monoisotopic (exact) mass is 277 g/mol. The second kappa shape index (κ2) is 4.10. The summed E-state index contributed by atoms with van der Waals surface area (Å²) in [6.07, 6.45) is 5.61. The molecule has 0 saturated heterocycles. The predicted molar refractivity (Wildman–Crippen MR) is 76.9 cm³/mol. The zero-order chi connectivity index (χ0) is 12.1. The maximum Gasteiger partial charge on any atom is 0.191 e. The first kappa shape index (κ1) is 11.1. The highest BCUT2D eigenvalue weighted by Crippen LogP contribution is 2.50. The van der Waals surface area contributed by atoms with Crippen molar-refractivity contribution >= 4 is 39.1 Å². The van der Waals surface area contributed by atoms with Crippen molar-refractivity contribution < 1.29 is 0 Å². The van der Waals surface area contributed by atoms with Crippen LogP contribution in [0.1, 0.15) is 25.7 Å². The molecule has 94 valence electrons. The van der Waals surface area contributed by atoms with Crippen molar-refractivity contribution in [3.05, 3.63) is 11.4 Å². The molecule has 2 N–H and O–H groups in total. The van der Waals surface area contributed by atoms with E-state index in [-0.39, 0.29) is 0 Å². The Balaban J connectivity index is 1.63. The van der Waals surface area contributed by atoms with Gasteiger partial charge in [-0.2, -0.15) is 0 Å². The van der Waals surface area contributed by atoms with Crippen molar-refractivity contribution in [2.45, 2.75) is 36.1 Å². The van der Waals surface area contributed by atoms with Gasteiger partial charge in [0.1, 0.15) is 10.6 Å². The van der Waals surface area contributed by atoms with E-state index >= 15 is 0 Å². The average molecular weight is 277 g/mol. The smallest absolute Gasteiger partial charge is 0.191 e. The van der Waals surface area contributed by atoms with Crippen molar-refractivity contribution in [2.75, 3.05) is 5.73 Å². The van der Waals surface area contributed by atoms with Crippen LogP contribution in [0.25, 0.3) is 10.2 Å². The van der Waals surface area contributed by atoms with E-state index in [1.165, 1.54) is 25.7 Å². The summed E-state index contributed by atoms with van der Waals surface area (Å²) in [5.41, 5.74) is 5.99. The summed E-state index contributed by atoms with van der Waals surface area (Å²) in [6.45, 7) is 0. The van der Waals surface area contributed by atoms with Crippen LogP contribution in [0.15, 0.2) is 16.6 Å². The summed E-state index contributed by atoms with van der Waals surface area (Å²) < 4.78 is 0.